The summed E-state index contributed by atoms with van der Waals surface area (Å²) in [5, 5.41) is 4.84. The Labute approximate surface area is 131 Å². The molecule has 1 heterocycles. The number of carbonyl (C=O) groups excluding carboxylic acids is 1. The lowest BCUT2D eigenvalue weighted by molar-refractivity contribution is -0.137. The van der Waals surface area contributed by atoms with Crippen LogP contribution in [-0.2, 0) is 11.0 Å². The van der Waals surface area contributed by atoms with Crippen LogP contribution in [0.3, 0.4) is 0 Å². The Morgan fingerprint density at radius 3 is 2.50 bits per heavy atom. The highest BCUT2D eigenvalue weighted by atomic mass is 35.5. The van der Waals surface area contributed by atoms with E-state index in [0.29, 0.717) is 6.20 Å². The lowest BCUT2D eigenvalue weighted by atomic mass is 10.1. The van der Waals surface area contributed by atoms with Gasteiger partial charge in [-0.15, -0.1) is 13.2 Å². The minimum absolute atomic E-state index is 0.0846. The molecular weight excluding hydrogens is 319 g/mol. The maximum atomic E-state index is 12.7. The lowest BCUT2D eigenvalue weighted by Crippen LogP contribution is -2.38. The molecule has 2 N–H and O–H groups in total. The van der Waals surface area contributed by atoms with Crippen LogP contribution in [0, 0.1) is 0 Å². The van der Waals surface area contributed by atoms with Crippen molar-refractivity contribution in [2.75, 3.05) is 13.1 Å². The molecule has 4 nitrogen and oxygen atoms in total. The summed E-state index contributed by atoms with van der Waals surface area (Å²) in [7, 11) is 0. The van der Waals surface area contributed by atoms with Gasteiger partial charge >= 0.3 is 6.18 Å². The molecule has 0 aliphatic rings. The van der Waals surface area contributed by atoms with Crippen molar-refractivity contribution in [2.24, 2.45) is 0 Å². The number of pyridine rings is 1. The van der Waals surface area contributed by atoms with E-state index in [1.54, 1.807) is 0 Å². The van der Waals surface area contributed by atoms with Crippen molar-refractivity contribution in [3.05, 3.63) is 53.9 Å². The zero-order valence-electron chi connectivity index (χ0n) is 11.6. The highest BCUT2D eigenvalue weighted by molar-refractivity contribution is 6.31. The van der Waals surface area contributed by atoms with Gasteiger partial charge in [0.1, 0.15) is 6.04 Å². The van der Waals surface area contributed by atoms with Crippen molar-refractivity contribution >= 4 is 17.5 Å². The van der Waals surface area contributed by atoms with Crippen molar-refractivity contribution in [1.82, 2.24) is 15.6 Å². The highest BCUT2D eigenvalue weighted by Crippen LogP contribution is 2.34. The molecule has 120 valence electrons. The van der Waals surface area contributed by atoms with Gasteiger partial charge in [0.05, 0.1) is 16.3 Å². The maximum absolute atomic E-state index is 12.7. The van der Waals surface area contributed by atoms with Crippen LogP contribution in [0.1, 0.15) is 17.3 Å². The number of rotatable bonds is 7. The number of carbonyl (C=O) groups is 1. The van der Waals surface area contributed by atoms with Gasteiger partial charge in [-0.1, -0.05) is 23.8 Å². The molecular formula is C14H15ClF3N3O. The molecule has 1 amide bonds. The van der Waals surface area contributed by atoms with Crippen LogP contribution in [0.4, 0.5) is 13.2 Å². The highest BCUT2D eigenvalue weighted by Gasteiger charge is 2.34. The average molecular weight is 334 g/mol. The predicted octanol–water partition coefficient (Wildman–Crippen LogP) is 2.87. The molecule has 1 rings (SSSR count). The maximum Gasteiger partial charge on any atom is 0.419 e. The number of alkyl halides is 3. The Morgan fingerprint density at radius 1 is 1.36 bits per heavy atom. The number of hydrogen-bond acceptors (Lipinski definition) is 3. The number of hydrogen-bond donors (Lipinski definition) is 2. The fourth-order valence-electron chi connectivity index (χ4n) is 1.62. The van der Waals surface area contributed by atoms with Gasteiger partial charge in [0.15, 0.2) is 0 Å². The van der Waals surface area contributed by atoms with Gasteiger partial charge in [-0.25, -0.2) is 0 Å². The van der Waals surface area contributed by atoms with Gasteiger partial charge < -0.3 is 5.32 Å². The van der Waals surface area contributed by atoms with Gasteiger partial charge in [0.2, 0.25) is 5.91 Å². The number of aromatic nitrogens is 1. The Morgan fingerprint density at radius 2 is 2.00 bits per heavy atom. The van der Waals surface area contributed by atoms with Crippen LogP contribution in [0.5, 0.6) is 0 Å². The summed E-state index contributed by atoms with van der Waals surface area (Å²) in [4.78, 5) is 15.7. The van der Waals surface area contributed by atoms with Crippen LogP contribution >= 0.6 is 11.6 Å². The molecule has 0 fully saturated rings. The summed E-state index contributed by atoms with van der Waals surface area (Å²) >= 11 is 5.65. The van der Waals surface area contributed by atoms with E-state index in [1.165, 1.54) is 12.2 Å². The molecule has 0 radical (unpaired) electrons. The zero-order valence-corrected chi connectivity index (χ0v) is 12.3. The lowest BCUT2D eigenvalue weighted by Gasteiger charge is -2.18. The Hall–Kier alpha value is -1.86. The molecule has 0 bridgehead atoms. The van der Waals surface area contributed by atoms with Gasteiger partial charge in [-0.05, 0) is 6.07 Å². The Bertz CT molecular complexity index is 561. The second kappa shape index (κ2) is 7.95. The van der Waals surface area contributed by atoms with Crippen LogP contribution in [0.15, 0.2) is 37.6 Å². The fourth-order valence-corrected chi connectivity index (χ4v) is 1.89. The molecule has 0 spiro atoms. The van der Waals surface area contributed by atoms with E-state index in [2.05, 4.69) is 28.8 Å². The minimum atomic E-state index is -4.60. The van der Waals surface area contributed by atoms with Crippen molar-refractivity contribution in [3.8, 4) is 0 Å². The largest absolute Gasteiger partial charge is 0.419 e. The molecule has 0 saturated carbocycles. The van der Waals surface area contributed by atoms with E-state index >= 15 is 0 Å². The van der Waals surface area contributed by atoms with Gasteiger partial charge in [-0.2, -0.15) is 13.2 Å². The number of nitrogens with zero attached hydrogens (tertiary/aromatic N) is 1. The Balaban J connectivity index is 3.08. The van der Waals surface area contributed by atoms with E-state index in [9.17, 15) is 18.0 Å². The third-order valence-electron chi connectivity index (χ3n) is 2.62. The van der Waals surface area contributed by atoms with Crippen molar-refractivity contribution in [1.29, 1.82) is 0 Å². The van der Waals surface area contributed by atoms with E-state index in [0.717, 1.165) is 6.07 Å². The quantitative estimate of drug-likeness (QED) is 0.754. The third kappa shape index (κ3) is 4.85. The monoisotopic (exact) mass is 333 g/mol. The molecule has 0 aliphatic carbocycles. The first-order chi connectivity index (χ1) is 10.3. The molecule has 1 aromatic heterocycles. The molecule has 22 heavy (non-hydrogen) atoms. The molecule has 0 aromatic carbocycles. The normalized spacial score (nSPS) is 12.5. The van der Waals surface area contributed by atoms with Gasteiger partial charge in [0.25, 0.3) is 0 Å². The van der Waals surface area contributed by atoms with Crippen molar-refractivity contribution < 1.29 is 18.0 Å². The van der Waals surface area contributed by atoms with E-state index < -0.39 is 28.7 Å². The summed E-state index contributed by atoms with van der Waals surface area (Å²) in [6.07, 6.45) is -0.992. The van der Waals surface area contributed by atoms with Gasteiger partial charge in [-0.3, -0.25) is 15.1 Å². The first-order valence-electron chi connectivity index (χ1n) is 6.26. The van der Waals surface area contributed by atoms with E-state index in [1.807, 2.05) is 0 Å². The standard InChI is InChI=1S/C14H15ClF3N3O/c1-3-5-19-12(13(22)20-6-4-2)11-7-10(15)9(8-21-11)14(16,17)18/h3-4,7-8,12,19H,1-2,5-6H2,(H,20,22). The van der Waals surface area contributed by atoms with Crippen LogP contribution in [0.25, 0.3) is 0 Å². The second-order valence-electron chi connectivity index (χ2n) is 4.25. The Kier molecular flexibility index (Phi) is 6.58. The van der Waals surface area contributed by atoms with E-state index in [-0.39, 0.29) is 18.8 Å². The molecule has 0 saturated heterocycles. The van der Waals surface area contributed by atoms with Gasteiger partial charge in [0, 0.05) is 19.3 Å². The first kappa shape index (κ1) is 18.2. The van der Waals surface area contributed by atoms with Crippen molar-refractivity contribution in [3.63, 3.8) is 0 Å². The average Bonchev–Trinajstić information content (AvgIpc) is 2.44. The molecule has 1 atom stereocenters. The van der Waals surface area contributed by atoms with Crippen LogP contribution in [-0.4, -0.2) is 24.0 Å². The predicted molar refractivity (Wildman–Crippen MR) is 78.4 cm³/mol. The fraction of sp³-hybridized carbons (Fsp3) is 0.286. The van der Waals surface area contributed by atoms with Crippen LogP contribution < -0.4 is 10.6 Å². The summed E-state index contributed by atoms with van der Waals surface area (Å²) in [6, 6.07) is 0.0799. The molecule has 1 unspecified atom stereocenters. The minimum Gasteiger partial charge on any atom is -0.351 e. The summed E-state index contributed by atoms with van der Waals surface area (Å²) in [5.74, 6) is -0.454. The smallest absolute Gasteiger partial charge is 0.351 e. The summed E-state index contributed by atoms with van der Waals surface area (Å²) in [5.41, 5.74) is -0.965. The zero-order chi connectivity index (χ0) is 16.8. The summed E-state index contributed by atoms with van der Waals surface area (Å²) < 4.78 is 38.0. The number of halogens is 4. The SMILES string of the molecule is C=CCNC(=O)C(NCC=C)c1cc(Cl)c(C(F)(F)F)cn1. The van der Waals surface area contributed by atoms with E-state index in [4.69, 9.17) is 11.6 Å². The number of amides is 1. The summed E-state index contributed by atoms with van der Waals surface area (Å²) in [6.45, 7) is 7.46. The molecule has 0 aliphatic heterocycles. The third-order valence-corrected chi connectivity index (χ3v) is 2.94. The molecule has 1 aromatic rings. The first-order valence-corrected chi connectivity index (χ1v) is 6.64. The van der Waals surface area contributed by atoms with Crippen LogP contribution in [0.2, 0.25) is 5.02 Å². The topological polar surface area (TPSA) is 54.0 Å². The van der Waals surface area contributed by atoms with Crippen molar-refractivity contribution in [2.45, 2.75) is 12.2 Å². The second-order valence-corrected chi connectivity index (χ2v) is 4.66. The molecule has 8 heteroatoms. The number of nitrogens with one attached hydrogen (secondary N) is 2.